The molecule has 0 saturated heterocycles. The lowest BCUT2D eigenvalue weighted by atomic mass is 9.88. The molecular formula is C9H17NO2S. The number of aliphatic carboxylic acids is 1. The van der Waals surface area contributed by atoms with Crippen molar-refractivity contribution in [2.75, 3.05) is 5.75 Å². The van der Waals surface area contributed by atoms with E-state index in [2.05, 4.69) is 0 Å². The molecule has 0 heterocycles. The van der Waals surface area contributed by atoms with Crippen molar-refractivity contribution < 1.29 is 9.90 Å². The van der Waals surface area contributed by atoms with Crippen LogP contribution in [0.1, 0.15) is 26.7 Å². The van der Waals surface area contributed by atoms with Gasteiger partial charge in [-0.05, 0) is 37.9 Å². The largest absolute Gasteiger partial charge is 0.481 e. The number of thioether (sulfide) groups is 1. The highest BCUT2D eigenvalue weighted by atomic mass is 32.2. The predicted molar refractivity (Wildman–Crippen MR) is 56.4 cm³/mol. The highest BCUT2D eigenvalue weighted by Gasteiger charge is 2.25. The van der Waals surface area contributed by atoms with Crippen LogP contribution in [0.15, 0.2) is 11.6 Å². The number of carboxylic acid groups (broad SMARTS) is 1. The number of nitrogens with two attached hydrogens (primary N) is 1. The van der Waals surface area contributed by atoms with Gasteiger partial charge in [-0.3, -0.25) is 4.79 Å². The molecule has 0 aliphatic heterocycles. The third-order valence-corrected chi connectivity index (χ3v) is 2.69. The Morgan fingerprint density at radius 3 is 2.69 bits per heavy atom. The van der Waals surface area contributed by atoms with E-state index in [1.807, 2.05) is 5.41 Å². The van der Waals surface area contributed by atoms with Gasteiger partial charge in [0.05, 0.1) is 5.41 Å². The van der Waals surface area contributed by atoms with Crippen molar-refractivity contribution >= 4 is 17.7 Å². The first kappa shape index (κ1) is 12.4. The minimum Gasteiger partial charge on any atom is -0.481 e. The summed E-state index contributed by atoms with van der Waals surface area (Å²) in [5.41, 5.74) is 4.55. The van der Waals surface area contributed by atoms with E-state index in [9.17, 15) is 4.79 Å². The van der Waals surface area contributed by atoms with Gasteiger partial charge in [-0.1, -0.05) is 0 Å². The van der Waals surface area contributed by atoms with Crippen molar-refractivity contribution in [3.8, 4) is 0 Å². The van der Waals surface area contributed by atoms with E-state index in [0.717, 1.165) is 12.2 Å². The third-order valence-electron chi connectivity index (χ3n) is 1.82. The quantitative estimate of drug-likeness (QED) is 0.648. The summed E-state index contributed by atoms with van der Waals surface area (Å²) >= 11 is 1.61. The smallest absolute Gasteiger partial charge is 0.309 e. The number of carboxylic acids is 1. The Labute approximate surface area is 83.4 Å². The Morgan fingerprint density at radius 1 is 1.62 bits per heavy atom. The molecule has 0 bridgehead atoms. The minimum atomic E-state index is -0.730. The Hall–Kier alpha value is -0.640. The molecule has 0 aromatic carbocycles. The van der Waals surface area contributed by atoms with Crippen LogP contribution >= 0.6 is 11.8 Å². The fraction of sp³-hybridized carbons (Fsp3) is 0.667. The fourth-order valence-corrected chi connectivity index (χ4v) is 1.39. The summed E-state index contributed by atoms with van der Waals surface area (Å²) in [5.74, 6) is 0.191. The van der Waals surface area contributed by atoms with Crippen molar-refractivity contribution in [1.82, 2.24) is 0 Å². The van der Waals surface area contributed by atoms with Gasteiger partial charge in [-0.2, -0.15) is 0 Å². The Kier molecular flexibility index (Phi) is 5.62. The Balaban J connectivity index is 3.58. The van der Waals surface area contributed by atoms with Crippen LogP contribution in [0.3, 0.4) is 0 Å². The van der Waals surface area contributed by atoms with E-state index in [-0.39, 0.29) is 0 Å². The van der Waals surface area contributed by atoms with Gasteiger partial charge in [0.2, 0.25) is 0 Å². The van der Waals surface area contributed by atoms with Crippen LogP contribution in [-0.4, -0.2) is 16.8 Å². The molecule has 0 fully saturated rings. The van der Waals surface area contributed by atoms with Gasteiger partial charge in [0.15, 0.2) is 0 Å². The predicted octanol–water partition coefficient (Wildman–Crippen LogP) is 2.04. The molecule has 3 N–H and O–H groups in total. The number of hydrogen-bond acceptors (Lipinski definition) is 3. The van der Waals surface area contributed by atoms with Crippen LogP contribution in [0.25, 0.3) is 0 Å². The van der Waals surface area contributed by atoms with Crippen molar-refractivity contribution in [3.05, 3.63) is 11.6 Å². The third kappa shape index (κ3) is 5.58. The maximum Gasteiger partial charge on any atom is 0.309 e. The molecule has 0 aromatic rings. The molecule has 0 amide bonds. The van der Waals surface area contributed by atoms with Crippen molar-refractivity contribution in [1.29, 1.82) is 0 Å². The summed E-state index contributed by atoms with van der Waals surface area (Å²) < 4.78 is 0. The first-order valence-corrected chi connectivity index (χ1v) is 5.27. The molecule has 4 heteroatoms. The van der Waals surface area contributed by atoms with Gasteiger partial charge in [0, 0.05) is 6.20 Å². The minimum absolute atomic E-state index is 0.604. The molecule has 0 aromatic heterocycles. The lowest BCUT2D eigenvalue weighted by Gasteiger charge is -2.17. The molecule has 13 heavy (non-hydrogen) atoms. The second-order valence-electron chi connectivity index (χ2n) is 3.49. The number of hydrogen-bond donors (Lipinski definition) is 2. The van der Waals surface area contributed by atoms with Crippen LogP contribution in [0.2, 0.25) is 0 Å². The van der Waals surface area contributed by atoms with E-state index in [4.69, 9.17) is 10.8 Å². The topological polar surface area (TPSA) is 63.3 Å². The lowest BCUT2D eigenvalue weighted by Crippen LogP contribution is -2.23. The summed E-state index contributed by atoms with van der Waals surface area (Å²) in [7, 11) is 0. The second-order valence-corrected chi connectivity index (χ2v) is 4.51. The molecule has 3 nitrogen and oxygen atoms in total. The molecule has 0 atom stereocenters. The SMILES string of the molecule is CC(C)(CCCS/C=C\N)C(=O)O. The summed E-state index contributed by atoms with van der Waals surface area (Å²) in [4.78, 5) is 10.7. The normalized spacial score (nSPS) is 12.2. The van der Waals surface area contributed by atoms with Crippen molar-refractivity contribution in [3.63, 3.8) is 0 Å². The van der Waals surface area contributed by atoms with Crippen LogP contribution in [-0.2, 0) is 4.79 Å². The Bertz CT molecular complexity index is 190. The van der Waals surface area contributed by atoms with E-state index in [1.165, 1.54) is 6.20 Å². The average molecular weight is 203 g/mol. The highest BCUT2D eigenvalue weighted by molar-refractivity contribution is 8.02. The summed E-state index contributed by atoms with van der Waals surface area (Å²) in [6.45, 7) is 3.50. The first-order valence-electron chi connectivity index (χ1n) is 4.22. The van der Waals surface area contributed by atoms with E-state index >= 15 is 0 Å². The zero-order valence-electron chi connectivity index (χ0n) is 8.12. The van der Waals surface area contributed by atoms with Gasteiger partial charge in [0.1, 0.15) is 0 Å². The molecule has 0 unspecified atom stereocenters. The van der Waals surface area contributed by atoms with Crippen LogP contribution < -0.4 is 5.73 Å². The fourth-order valence-electron chi connectivity index (χ4n) is 0.828. The molecule has 76 valence electrons. The van der Waals surface area contributed by atoms with Gasteiger partial charge in [0.25, 0.3) is 0 Å². The van der Waals surface area contributed by atoms with Crippen LogP contribution in [0.4, 0.5) is 0 Å². The van der Waals surface area contributed by atoms with Crippen molar-refractivity contribution in [2.45, 2.75) is 26.7 Å². The summed E-state index contributed by atoms with van der Waals surface area (Å²) in [6.07, 6.45) is 3.09. The zero-order chi connectivity index (χ0) is 10.3. The molecule has 0 aliphatic rings. The first-order chi connectivity index (χ1) is 6.00. The maximum absolute atomic E-state index is 10.7. The molecular weight excluding hydrogens is 186 g/mol. The maximum atomic E-state index is 10.7. The lowest BCUT2D eigenvalue weighted by molar-refractivity contribution is -0.147. The molecule has 0 rings (SSSR count). The standard InChI is InChI=1S/C9H17NO2S/c1-9(2,8(11)12)4-3-6-13-7-5-10/h5,7H,3-4,6,10H2,1-2H3,(H,11,12)/b7-5-. The van der Waals surface area contributed by atoms with Crippen molar-refractivity contribution in [2.24, 2.45) is 11.1 Å². The van der Waals surface area contributed by atoms with Gasteiger partial charge < -0.3 is 10.8 Å². The highest BCUT2D eigenvalue weighted by Crippen LogP contribution is 2.23. The van der Waals surface area contributed by atoms with E-state index in [1.54, 1.807) is 25.6 Å². The molecule has 0 aliphatic carbocycles. The Morgan fingerprint density at radius 2 is 2.23 bits per heavy atom. The summed E-state index contributed by atoms with van der Waals surface area (Å²) in [5, 5.41) is 10.6. The molecule has 0 saturated carbocycles. The average Bonchev–Trinajstić information content (AvgIpc) is 2.03. The van der Waals surface area contributed by atoms with Crippen LogP contribution in [0, 0.1) is 5.41 Å². The van der Waals surface area contributed by atoms with Gasteiger partial charge in [-0.25, -0.2) is 0 Å². The van der Waals surface area contributed by atoms with E-state index in [0.29, 0.717) is 6.42 Å². The van der Waals surface area contributed by atoms with Gasteiger partial charge >= 0.3 is 5.97 Å². The second kappa shape index (κ2) is 5.91. The summed E-state index contributed by atoms with van der Waals surface area (Å²) in [6, 6.07) is 0. The van der Waals surface area contributed by atoms with Gasteiger partial charge in [-0.15, -0.1) is 11.8 Å². The van der Waals surface area contributed by atoms with E-state index < -0.39 is 11.4 Å². The molecule has 0 spiro atoms. The monoisotopic (exact) mass is 203 g/mol. The zero-order valence-corrected chi connectivity index (χ0v) is 8.93. The molecule has 0 radical (unpaired) electrons. The van der Waals surface area contributed by atoms with Crippen LogP contribution in [0.5, 0.6) is 0 Å². The number of carbonyl (C=O) groups is 1. The number of rotatable bonds is 6.